The maximum Gasteiger partial charge on any atom is 0.422 e. The quantitative estimate of drug-likeness (QED) is 0.715. The molecule has 1 aliphatic rings. The normalized spacial score (nSPS) is 14.4. The minimum atomic E-state index is -4.43. The summed E-state index contributed by atoms with van der Waals surface area (Å²) < 4.78 is 54.6. The van der Waals surface area contributed by atoms with Gasteiger partial charge >= 0.3 is 11.3 Å². The first-order chi connectivity index (χ1) is 12.8. The van der Waals surface area contributed by atoms with Crippen molar-refractivity contribution in [3.05, 3.63) is 47.3 Å². The number of hydrogen-bond donors (Lipinski definition) is 0. The van der Waals surface area contributed by atoms with Gasteiger partial charge in [-0.1, -0.05) is 19.1 Å². The Morgan fingerprint density at radius 2 is 2.00 bits per heavy atom. The largest absolute Gasteiger partial charge is 0.609 e. The van der Waals surface area contributed by atoms with E-state index in [4.69, 9.17) is 4.74 Å². The van der Waals surface area contributed by atoms with Crippen LogP contribution in [0.1, 0.15) is 23.7 Å². The van der Waals surface area contributed by atoms with Gasteiger partial charge in [-0.2, -0.15) is 23.5 Å². The zero-order chi connectivity index (χ0) is 19.6. The molecule has 0 bridgehead atoms. The van der Waals surface area contributed by atoms with Crippen molar-refractivity contribution < 1.29 is 22.5 Å². The summed E-state index contributed by atoms with van der Waals surface area (Å²) in [7, 11) is 0. The lowest BCUT2D eigenvalue weighted by Crippen LogP contribution is -2.23. The van der Waals surface area contributed by atoms with E-state index in [9.17, 15) is 17.7 Å². The average molecular weight is 396 g/mol. The molecule has 2 aromatic rings. The Kier molecular flexibility index (Phi) is 5.61. The summed E-state index contributed by atoms with van der Waals surface area (Å²) >= 11 is -1.58. The second-order valence-electron chi connectivity index (χ2n) is 5.92. The summed E-state index contributed by atoms with van der Waals surface area (Å²) in [5, 5.41) is 4.51. The van der Waals surface area contributed by atoms with Crippen molar-refractivity contribution in [1.82, 2.24) is 10.3 Å². The van der Waals surface area contributed by atoms with Crippen LogP contribution in [0.4, 0.5) is 24.5 Å². The van der Waals surface area contributed by atoms with Crippen molar-refractivity contribution in [2.45, 2.75) is 32.2 Å². The van der Waals surface area contributed by atoms with E-state index in [0.717, 1.165) is 17.7 Å². The van der Waals surface area contributed by atoms with Gasteiger partial charge in [0.1, 0.15) is 5.75 Å². The van der Waals surface area contributed by atoms with Crippen LogP contribution in [0, 0.1) is 6.92 Å². The van der Waals surface area contributed by atoms with Crippen LogP contribution in [-0.2, 0) is 23.3 Å². The van der Waals surface area contributed by atoms with E-state index in [1.54, 1.807) is 13.0 Å². The van der Waals surface area contributed by atoms with Crippen molar-refractivity contribution >= 4 is 27.7 Å². The fraction of sp³-hybridized carbons (Fsp3) is 0.333. The molecule has 1 radical (unpaired) electrons. The molecule has 1 unspecified atom stereocenters. The van der Waals surface area contributed by atoms with Gasteiger partial charge in [-0.3, -0.25) is 4.98 Å². The molecule has 5 nitrogen and oxygen atoms in total. The number of aryl methyl sites for hydroxylation is 1. The number of nitrogens with zero attached hydrogens (tertiary/aromatic N) is 3. The number of rotatable bonds is 5. The van der Waals surface area contributed by atoms with Gasteiger partial charge in [-0.25, -0.2) is 0 Å². The van der Waals surface area contributed by atoms with Crippen LogP contribution in [-0.4, -0.2) is 27.5 Å². The maximum absolute atomic E-state index is 12.7. The van der Waals surface area contributed by atoms with Crippen LogP contribution in [0.2, 0.25) is 0 Å². The molecule has 2 heterocycles. The summed E-state index contributed by atoms with van der Waals surface area (Å²) in [6.45, 7) is 2.19. The van der Waals surface area contributed by atoms with Gasteiger partial charge in [-0.05, 0) is 31.0 Å². The van der Waals surface area contributed by atoms with E-state index in [1.165, 1.54) is 12.3 Å². The van der Waals surface area contributed by atoms with Gasteiger partial charge in [0.25, 0.3) is 0 Å². The van der Waals surface area contributed by atoms with E-state index in [-0.39, 0.29) is 16.7 Å². The van der Waals surface area contributed by atoms with Crippen LogP contribution in [0.3, 0.4) is 0 Å². The van der Waals surface area contributed by atoms with Crippen LogP contribution < -0.4 is 10.1 Å². The van der Waals surface area contributed by atoms with Gasteiger partial charge in [0.15, 0.2) is 12.4 Å². The number of pyridine rings is 1. The fourth-order valence-electron chi connectivity index (χ4n) is 2.62. The van der Waals surface area contributed by atoms with Crippen LogP contribution in [0.5, 0.6) is 5.75 Å². The van der Waals surface area contributed by atoms with Gasteiger partial charge < -0.3 is 9.29 Å². The van der Waals surface area contributed by atoms with Crippen LogP contribution >= 0.6 is 0 Å². The summed E-state index contributed by atoms with van der Waals surface area (Å²) in [6, 6.07) is 6.97. The average Bonchev–Trinajstić information content (AvgIpc) is 3.06. The first kappa shape index (κ1) is 19.5. The lowest BCUT2D eigenvalue weighted by atomic mass is 10.1. The molecule has 0 amide bonds. The Morgan fingerprint density at radius 1 is 1.22 bits per heavy atom. The third kappa shape index (κ3) is 4.54. The lowest BCUT2D eigenvalue weighted by Gasteiger charge is -2.14. The maximum atomic E-state index is 12.7. The second kappa shape index (κ2) is 7.77. The number of aliphatic imine (C=N–C) groups is 1. The minimum absolute atomic E-state index is 0.00711. The highest BCUT2D eigenvalue weighted by atomic mass is 32.2. The van der Waals surface area contributed by atoms with E-state index in [1.807, 2.05) is 19.1 Å². The number of alkyl halides is 3. The molecule has 0 saturated carbocycles. The van der Waals surface area contributed by atoms with Gasteiger partial charge in [-0.15, -0.1) is 0 Å². The highest BCUT2D eigenvalue weighted by molar-refractivity contribution is 8.05. The SMILES string of the molecule is CCc1cccc2c1N=C([S+]([O-])Cc1nccc(OCC(F)(F)F)c1C)[N]2. The Morgan fingerprint density at radius 3 is 2.70 bits per heavy atom. The minimum Gasteiger partial charge on any atom is -0.609 e. The predicted molar refractivity (Wildman–Crippen MR) is 97.1 cm³/mol. The molecule has 0 aliphatic carbocycles. The Labute approximate surface area is 157 Å². The molecule has 1 aliphatic heterocycles. The number of ether oxygens (including phenoxy) is 1. The molecule has 1 atom stereocenters. The van der Waals surface area contributed by atoms with Gasteiger partial charge in [0.05, 0.1) is 17.1 Å². The van der Waals surface area contributed by atoms with Crippen LogP contribution in [0.25, 0.3) is 0 Å². The predicted octanol–water partition coefficient (Wildman–Crippen LogP) is 4.08. The molecule has 0 fully saturated rings. The summed E-state index contributed by atoms with van der Waals surface area (Å²) in [6.07, 6.45) is -2.32. The van der Waals surface area contributed by atoms with E-state index < -0.39 is 24.0 Å². The second-order valence-corrected chi connectivity index (χ2v) is 7.26. The monoisotopic (exact) mass is 396 g/mol. The smallest absolute Gasteiger partial charge is 0.422 e. The zero-order valence-electron chi connectivity index (χ0n) is 14.7. The van der Waals surface area contributed by atoms with Crippen molar-refractivity contribution in [3.8, 4) is 5.75 Å². The number of para-hydroxylation sites is 1. The van der Waals surface area contributed by atoms with Crippen molar-refractivity contribution in [1.29, 1.82) is 0 Å². The molecule has 27 heavy (non-hydrogen) atoms. The molecule has 0 N–H and O–H groups in total. The van der Waals surface area contributed by atoms with Crippen molar-refractivity contribution in [2.24, 2.45) is 4.99 Å². The number of halogens is 3. The third-order valence-electron chi connectivity index (χ3n) is 4.02. The molecule has 9 heteroatoms. The number of aromatic nitrogens is 1. The number of benzene rings is 1. The molecule has 3 rings (SSSR count). The van der Waals surface area contributed by atoms with Crippen molar-refractivity contribution in [3.63, 3.8) is 0 Å². The molecule has 0 spiro atoms. The van der Waals surface area contributed by atoms with Gasteiger partial charge in [0.2, 0.25) is 0 Å². The van der Waals surface area contributed by atoms with E-state index in [0.29, 0.717) is 16.9 Å². The van der Waals surface area contributed by atoms with E-state index in [2.05, 4.69) is 15.3 Å². The summed E-state index contributed by atoms with van der Waals surface area (Å²) in [4.78, 5) is 8.51. The van der Waals surface area contributed by atoms with Crippen LogP contribution in [0.15, 0.2) is 35.5 Å². The Hall–Kier alpha value is -2.26. The fourth-order valence-corrected chi connectivity index (χ4v) is 3.68. The highest BCUT2D eigenvalue weighted by Gasteiger charge is 2.30. The topological polar surface area (TPSA) is 71.6 Å². The highest BCUT2D eigenvalue weighted by Crippen LogP contribution is 2.36. The standard InChI is InChI=1S/C18H17F3N3O2S/c1-3-12-5-4-6-13-16(12)24-17(23-13)27(25)9-14-11(2)15(7-8-22-14)26-10-18(19,20)21/h4-8H,3,9-10H2,1-2H3. The summed E-state index contributed by atoms with van der Waals surface area (Å²) in [5.41, 5.74) is 3.21. The molecule has 1 aromatic heterocycles. The lowest BCUT2D eigenvalue weighted by molar-refractivity contribution is -0.153. The molecule has 143 valence electrons. The molecular weight excluding hydrogens is 379 g/mol. The Balaban J connectivity index is 1.74. The van der Waals surface area contributed by atoms with E-state index >= 15 is 0 Å². The van der Waals surface area contributed by atoms with Crippen molar-refractivity contribution in [2.75, 3.05) is 6.61 Å². The number of fused-ring (bicyclic) bond motifs is 1. The molecule has 1 aromatic carbocycles. The Bertz CT molecular complexity index is 871. The first-order valence-corrected chi connectivity index (χ1v) is 9.55. The number of amidine groups is 1. The molecular formula is C18H17F3N3O2S. The van der Waals surface area contributed by atoms with Gasteiger partial charge in [0, 0.05) is 22.9 Å². The third-order valence-corrected chi connectivity index (χ3v) is 5.15. The molecule has 0 saturated heterocycles. The first-order valence-electron chi connectivity index (χ1n) is 8.23. The zero-order valence-corrected chi connectivity index (χ0v) is 15.5. The summed E-state index contributed by atoms with van der Waals surface area (Å²) in [5.74, 6) is 0.0588. The number of hydrogen-bond acceptors (Lipinski definition) is 4.